The number of nitrogens with one attached hydrogen (secondary N) is 1. The fraction of sp³-hybridized carbons (Fsp3) is 0.800. The quantitative estimate of drug-likeness (QED) is 0.104. The third-order valence-electron chi connectivity index (χ3n) is 7.30. The van der Waals surface area contributed by atoms with Gasteiger partial charge in [-0.25, -0.2) is 0 Å². The first-order valence-corrected chi connectivity index (χ1v) is 17.2. The van der Waals surface area contributed by atoms with Gasteiger partial charge in [-0.3, -0.25) is 28.8 Å². The van der Waals surface area contributed by atoms with Gasteiger partial charge >= 0.3 is 44.1 Å². The topological polar surface area (TPSA) is 260 Å². The minimum Gasteiger partial charge on any atom is -0.566 e. The third kappa shape index (κ3) is 15.4. The SMILES string of the molecule is CC(=O)OC[C@H]1O[C@H](O[P+](=O)[O-])[C@@H](OC(C)=O)[C@@H](OC(C)=O)[C@@H]1O[C@@H]1O[C@H](CO)[C@H](OC(C)=O)[C@H](OC(C)=O)[C@H]1OC(C)=O.CC[NH+](CC)CC. The van der Waals surface area contributed by atoms with E-state index in [0.717, 1.165) is 41.5 Å². The van der Waals surface area contributed by atoms with Crippen molar-refractivity contribution in [1.29, 1.82) is 0 Å². The number of quaternary nitrogens is 1. The minimum atomic E-state index is -3.64. The normalized spacial score (nSPS) is 29.0. The van der Waals surface area contributed by atoms with Crippen LogP contribution in [0.15, 0.2) is 0 Å². The molecule has 0 aromatic heterocycles. The highest BCUT2D eigenvalue weighted by Crippen LogP contribution is 2.36. The summed E-state index contributed by atoms with van der Waals surface area (Å²) in [5.41, 5.74) is 0. The standard InChI is InChI=1S/C24H33O19P.C6H15N/c1-9(26)34-8-16-18(20(37-12(4)29)22(39-14(6)31)24(41-16)43-44(32)33)42-23-21(38-13(5)30)19(36-11(3)28)17(35-10(2)27)15(7-25)40-23;1-4-7(5-2)6-3/h15-25H,7-8H2,1-6H3;4-6H2,1-3H3/p+1/t15-,16-,17+,18-,19+,20+,21-,22+,23+,24-;/m1./s1. The third-order valence-corrected chi connectivity index (χ3v) is 7.68. The van der Waals surface area contributed by atoms with E-state index in [9.17, 15) is 43.3 Å². The second kappa shape index (κ2) is 22.5. The summed E-state index contributed by atoms with van der Waals surface area (Å²) in [5, 5.41) is 10.0. The number of carbonyl (C=O) groups excluding carboxylic acids is 6. The number of aliphatic hydroxyl groups excluding tert-OH is 1. The van der Waals surface area contributed by atoms with Crippen molar-refractivity contribution < 1.29 is 95.4 Å². The Morgan fingerprint density at radius 3 is 1.37 bits per heavy atom. The number of carbonyl (C=O) groups is 6. The fourth-order valence-corrected chi connectivity index (χ4v) is 5.54. The van der Waals surface area contributed by atoms with Gasteiger partial charge in [-0.15, -0.1) is 4.52 Å². The highest BCUT2D eigenvalue weighted by molar-refractivity contribution is 7.30. The summed E-state index contributed by atoms with van der Waals surface area (Å²) < 4.78 is 64.9. The van der Waals surface area contributed by atoms with E-state index in [4.69, 9.17) is 47.2 Å². The summed E-state index contributed by atoms with van der Waals surface area (Å²) in [5.74, 6) is -5.55. The lowest BCUT2D eigenvalue weighted by atomic mass is 9.96. The number of ether oxygens (including phenoxy) is 9. The van der Waals surface area contributed by atoms with Crippen molar-refractivity contribution in [1.82, 2.24) is 0 Å². The molecule has 0 aliphatic carbocycles. The predicted molar refractivity (Wildman–Crippen MR) is 165 cm³/mol. The maximum absolute atomic E-state index is 12.2. The Morgan fingerprint density at radius 1 is 0.608 bits per heavy atom. The fourth-order valence-electron chi connectivity index (χ4n) is 5.21. The van der Waals surface area contributed by atoms with E-state index in [0.29, 0.717) is 0 Å². The Kier molecular flexibility index (Phi) is 20.2. The van der Waals surface area contributed by atoms with Crippen LogP contribution in [0, 0.1) is 0 Å². The van der Waals surface area contributed by atoms with Gasteiger partial charge in [-0.2, -0.15) is 0 Å². The van der Waals surface area contributed by atoms with Crippen LogP contribution in [-0.2, 0) is 80.5 Å². The predicted octanol–water partition coefficient (Wildman–Crippen LogP) is -2.00. The molecule has 0 amide bonds. The van der Waals surface area contributed by atoms with Crippen LogP contribution in [0.25, 0.3) is 0 Å². The Hall–Kier alpha value is -3.36. The lowest BCUT2D eigenvalue weighted by Crippen LogP contribution is -3.11. The molecule has 21 heteroatoms. The Labute approximate surface area is 296 Å². The second-order valence-electron chi connectivity index (χ2n) is 11.2. The Morgan fingerprint density at radius 2 is 1.00 bits per heavy atom. The molecular weight excluding hydrogens is 709 g/mol. The monoisotopic (exact) mass is 758 g/mol. The zero-order chi connectivity index (χ0) is 39.0. The molecule has 2 saturated heterocycles. The lowest BCUT2D eigenvalue weighted by Gasteiger charge is -2.48. The molecule has 2 N–H and O–H groups in total. The van der Waals surface area contributed by atoms with Crippen molar-refractivity contribution >= 4 is 44.1 Å². The molecule has 0 aromatic carbocycles. The van der Waals surface area contributed by atoms with E-state index in [1.165, 1.54) is 19.6 Å². The maximum atomic E-state index is 12.2. The van der Waals surface area contributed by atoms with Crippen molar-refractivity contribution in [2.24, 2.45) is 0 Å². The first kappa shape index (κ1) is 45.7. The smallest absolute Gasteiger partial charge is 0.491 e. The molecule has 2 rings (SSSR count). The van der Waals surface area contributed by atoms with Crippen LogP contribution in [0.4, 0.5) is 0 Å². The summed E-state index contributed by atoms with van der Waals surface area (Å²) in [6, 6.07) is 0. The first-order chi connectivity index (χ1) is 23.9. The number of esters is 6. The van der Waals surface area contributed by atoms with Gasteiger partial charge in [0.15, 0.2) is 36.8 Å². The molecule has 0 radical (unpaired) electrons. The van der Waals surface area contributed by atoms with Gasteiger partial charge < -0.3 is 57.5 Å². The number of hydrogen-bond acceptors (Lipinski definition) is 19. The van der Waals surface area contributed by atoms with Crippen molar-refractivity contribution in [3.63, 3.8) is 0 Å². The first-order valence-electron chi connectivity index (χ1n) is 16.1. The van der Waals surface area contributed by atoms with Gasteiger partial charge in [-0.05, 0) is 25.3 Å². The van der Waals surface area contributed by atoms with Gasteiger partial charge in [0.2, 0.25) is 0 Å². The second-order valence-corrected chi connectivity index (χ2v) is 11.8. The zero-order valence-corrected chi connectivity index (χ0v) is 30.9. The van der Waals surface area contributed by atoms with Crippen LogP contribution >= 0.6 is 8.25 Å². The molecule has 0 spiro atoms. The van der Waals surface area contributed by atoms with Gasteiger partial charge in [0.05, 0.1) is 26.2 Å². The summed E-state index contributed by atoms with van der Waals surface area (Å²) >= 11 is 0. The van der Waals surface area contributed by atoms with Crippen LogP contribution in [0.5, 0.6) is 0 Å². The van der Waals surface area contributed by atoms with Crippen LogP contribution < -0.4 is 9.79 Å². The Balaban J connectivity index is 0.00000167. The summed E-state index contributed by atoms with van der Waals surface area (Å²) in [6.45, 7) is 14.9. The summed E-state index contributed by atoms with van der Waals surface area (Å²) in [7, 11) is -3.64. The molecule has 0 saturated carbocycles. The lowest BCUT2D eigenvalue weighted by molar-refractivity contribution is -0.894. The summed E-state index contributed by atoms with van der Waals surface area (Å²) in [6.07, 6.45) is -17.0. The average Bonchev–Trinajstić information content (AvgIpc) is 3.01. The number of aliphatic hydroxyl groups is 1. The van der Waals surface area contributed by atoms with E-state index in [-0.39, 0.29) is 0 Å². The molecule has 0 bridgehead atoms. The summed E-state index contributed by atoms with van der Waals surface area (Å²) in [4.78, 5) is 84.9. The van der Waals surface area contributed by atoms with Gasteiger partial charge in [0.25, 0.3) is 6.29 Å². The van der Waals surface area contributed by atoms with Crippen LogP contribution in [0.1, 0.15) is 62.3 Å². The molecule has 51 heavy (non-hydrogen) atoms. The molecule has 1 unspecified atom stereocenters. The van der Waals surface area contributed by atoms with E-state index in [1.54, 1.807) is 4.90 Å². The minimum absolute atomic E-state index is 0.683. The number of rotatable bonds is 15. The van der Waals surface area contributed by atoms with E-state index < -0.39 is 119 Å². The molecular formula is C30H49NO19P+. The van der Waals surface area contributed by atoms with Gasteiger partial charge in [-0.1, -0.05) is 0 Å². The van der Waals surface area contributed by atoms with Gasteiger partial charge in [0.1, 0.15) is 24.9 Å². The van der Waals surface area contributed by atoms with Crippen molar-refractivity contribution in [3.05, 3.63) is 0 Å². The molecule has 2 fully saturated rings. The van der Waals surface area contributed by atoms with Crippen molar-refractivity contribution in [3.8, 4) is 0 Å². The van der Waals surface area contributed by atoms with Crippen LogP contribution in [0.3, 0.4) is 0 Å². The Bertz CT molecular complexity index is 1190. The van der Waals surface area contributed by atoms with E-state index in [1.807, 2.05) is 0 Å². The maximum Gasteiger partial charge on any atom is 0.491 e. The van der Waals surface area contributed by atoms with Crippen LogP contribution in [0.2, 0.25) is 0 Å². The van der Waals surface area contributed by atoms with Gasteiger partial charge in [0, 0.05) is 41.5 Å². The van der Waals surface area contributed by atoms with Crippen molar-refractivity contribution in [2.75, 3.05) is 32.8 Å². The molecule has 20 nitrogen and oxygen atoms in total. The molecule has 2 aliphatic heterocycles. The molecule has 11 atom stereocenters. The molecule has 2 aliphatic rings. The largest absolute Gasteiger partial charge is 0.566 e. The highest BCUT2D eigenvalue weighted by atomic mass is 31.1. The van der Waals surface area contributed by atoms with Crippen molar-refractivity contribution in [2.45, 2.75) is 124 Å². The molecule has 0 aromatic rings. The molecule has 2 heterocycles. The molecule has 292 valence electrons. The number of hydrogen-bond donors (Lipinski definition) is 2. The highest BCUT2D eigenvalue weighted by Gasteiger charge is 2.58. The van der Waals surface area contributed by atoms with E-state index in [2.05, 4.69) is 20.8 Å². The average molecular weight is 759 g/mol. The zero-order valence-electron chi connectivity index (χ0n) is 30.1. The van der Waals surface area contributed by atoms with E-state index >= 15 is 0 Å². The van der Waals surface area contributed by atoms with Crippen LogP contribution in [-0.4, -0.2) is 135 Å².